The maximum atomic E-state index is 13.0. The Balaban J connectivity index is 1.71. The summed E-state index contributed by atoms with van der Waals surface area (Å²) in [6.07, 6.45) is 1.70. The molecule has 3 heterocycles. The van der Waals surface area contributed by atoms with Crippen molar-refractivity contribution in [3.05, 3.63) is 63.3 Å². The van der Waals surface area contributed by atoms with Crippen molar-refractivity contribution < 1.29 is 4.79 Å². The number of thiophene rings is 1. The highest BCUT2D eigenvalue weighted by atomic mass is 32.1. The first-order valence-electron chi connectivity index (χ1n) is 8.97. The predicted octanol–water partition coefficient (Wildman–Crippen LogP) is 3.88. The molecule has 0 fully saturated rings. The molecule has 6 nitrogen and oxygen atoms in total. The molecule has 0 unspecified atom stereocenters. The van der Waals surface area contributed by atoms with Gasteiger partial charge >= 0.3 is 0 Å². The van der Waals surface area contributed by atoms with Crippen molar-refractivity contribution in [2.75, 3.05) is 5.32 Å². The van der Waals surface area contributed by atoms with Gasteiger partial charge in [-0.25, -0.2) is 9.97 Å². The van der Waals surface area contributed by atoms with Crippen molar-refractivity contribution in [3.8, 4) is 0 Å². The minimum absolute atomic E-state index is 0.0813. The van der Waals surface area contributed by atoms with E-state index in [1.807, 2.05) is 45.0 Å². The van der Waals surface area contributed by atoms with Crippen LogP contribution in [0, 0.1) is 27.7 Å². The number of hydrogen-bond donors (Lipinski definition) is 1. The zero-order valence-corrected chi connectivity index (χ0v) is 17.0. The lowest BCUT2D eigenvalue weighted by Gasteiger charge is -2.14. The Labute approximate surface area is 165 Å². The van der Waals surface area contributed by atoms with Gasteiger partial charge in [0.2, 0.25) is 5.91 Å². The summed E-state index contributed by atoms with van der Waals surface area (Å²) in [7, 11) is 0. The first-order chi connectivity index (χ1) is 13.3. The molecule has 7 heteroatoms. The van der Waals surface area contributed by atoms with E-state index in [1.54, 1.807) is 13.1 Å². The van der Waals surface area contributed by atoms with Crippen LogP contribution < -0.4 is 10.9 Å². The number of nitrogens with zero attached hydrogens (tertiary/aromatic N) is 3. The molecule has 0 atom stereocenters. The SMILES string of the molecule is Cc1cc(C)c(NC(=O)Cn2c(C)nc3c(sc4ncccc43)c2=O)c(C)c1. The third-order valence-electron chi connectivity index (χ3n) is 4.79. The number of rotatable bonds is 3. The molecule has 0 saturated carbocycles. The van der Waals surface area contributed by atoms with Crippen LogP contribution in [0.15, 0.2) is 35.3 Å². The van der Waals surface area contributed by atoms with Gasteiger partial charge in [-0.2, -0.15) is 0 Å². The Morgan fingerprint density at radius 2 is 1.89 bits per heavy atom. The lowest BCUT2D eigenvalue weighted by molar-refractivity contribution is -0.116. The molecule has 1 N–H and O–H groups in total. The van der Waals surface area contributed by atoms with Crippen LogP contribution in [0.25, 0.3) is 20.4 Å². The van der Waals surface area contributed by atoms with Crippen LogP contribution in [-0.4, -0.2) is 20.4 Å². The minimum Gasteiger partial charge on any atom is -0.324 e. The number of anilines is 1. The Kier molecular flexibility index (Phi) is 4.47. The molecule has 0 radical (unpaired) electrons. The second kappa shape index (κ2) is 6.83. The van der Waals surface area contributed by atoms with E-state index < -0.39 is 0 Å². The van der Waals surface area contributed by atoms with Gasteiger partial charge in [0.15, 0.2) is 0 Å². The number of carbonyl (C=O) groups is 1. The summed E-state index contributed by atoms with van der Waals surface area (Å²) in [5.41, 5.74) is 4.38. The third kappa shape index (κ3) is 3.07. The van der Waals surface area contributed by atoms with Gasteiger partial charge in [0, 0.05) is 17.3 Å². The van der Waals surface area contributed by atoms with E-state index in [2.05, 4.69) is 15.3 Å². The molecular formula is C21H20N4O2S. The zero-order valence-electron chi connectivity index (χ0n) is 16.2. The molecule has 0 saturated heterocycles. The van der Waals surface area contributed by atoms with Gasteiger partial charge < -0.3 is 5.32 Å². The van der Waals surface area contributed by atoms with Crippen molar-refractivity contribution in [3.63, 3.8) is 0 Å². The number of amides is 1. The summed E-state index contributed by atoms with van der Waals surface area (Å²) in [4.78, 5) is 35.4. The van der Waals surface area contributed by atoms with Gasteiger partial charge in [-0.05, 0) is 51.0 Å². The minimum atomic E-state index is -0.249. The Morgan fingerprint density at radius 1 is 1.18 bits per heavy atom. The smallest absolute Gasteiger partial charge is 0.272 e. The van der Waals surface area contributed by atoms with Gasteiger partial charge in [-0.3, -0.25) is 14.2 Å². The van der Waals surface area contributed by atoms with E-state index >= 15 is 0 Å². The number of aromatic nitrogens is 3. The molecule has 0 bridgehead atoms. The fraction of sp³-hybridized carbons (Fsp3) is 0.238. The van der Waals surface area contributed by atoms with Crippen molar-refractivity contribution in [1.29, 1.82) is 0 Å². The molecule has 3 aromatic heterocycles. The van der Waals surface area contributed by atoms with Gasteiger partial charge in [-0.1, -0.05) is 17.7 Å². The second-order valence-electron chi connectivity index (χ2n) is 7.01. The van der Waals surface area contributed by atoms with Crippen molar-refractivity contribution in [2.45, 2.75) is 34.2 Å². The molecule has 142 valence electrons. The van der Waals surface area contributed by atoms with Crippen LogP contribution in [0.1, 0.15) is 22.5 Å². The maximum absolute atomic E-state index is 13.0. The average Bonchev–Trinajstić information content (AvgIpc) is 3.00. The van der Waals surface area contributed by atoms with Gasteiger partial charge in [0.05, 0.1) is 5.52 Å². The Morgan fingerprint density at radius 3 is 2.61 bits per heavy atom. The van der Waals surface area contributed by atoms with E-state index in [0.29, 0.717) is 16.0 Å². The number of nitrogens with one attached hydrogen (secondary N) is 1. The maximum Gasteiger partial charge on any atom is 0.272 e. The third-order valence-corrected chi connectivity index (χ3v) is 5.88. The second-order valence-corrected chi connectivity index (χ2v) is 8.01. The fourth-order valence-electron chi connectivity index (χ4n) is 3.55. The largest absolute Gasteiger partial charge is 0.324 e. The lowest BCUT2D eigenvalue weighted by Crippen LogP contribution is -2.30. The molecule has 0 aliphatic rings. The molecule has 4 rings (SSSR count). The monoisotopic (exact) mass is 392 g/mol. The van der Waals surface area contributed by atoms with Crippen molar-refractivity contribution in [2.24, 2.45) is 0 Å². The number of carbonyl (C=O) groups excluding carboxylic acids is 1. The molecule has 28 heavy (non-hydrogen) atoms. The van der Waals surface area contributed by atoms with Crippen LogP contribution in [0.2, 0.25) is 0 Å². The first-order valence-corrected chi connectivity index (χ1v) is 9.79. The summed E-state index contributed by atoms with van der Waals surface area (Å²) < 4.78 is 1.95. The van der Waals surface area contributed by atoms with Crippen LogP contribution in [0.4, 0.5) is 5.69 Å². The average molecular weight is 392 g/mol. The van der Waals surface area contributed by atoms with Crippen LogP contribution in [0.3, 0.4) is 0 Å². The predicted molar refractivity (Wildman–Crippen MR) is 113 cm³/mol. The number of hydrogen-bond acceptors (Lipinski definition) is 5. The summed E-state index contributed by atoms with van der Waals surface area (Å²) in [5, 5.41) is 3.81. The molecule has 0 spiro atoms. The van der Waals surface area contributed by atoms with Gasteiger partial charge in [-0.15, -0.1) is 11.3 Å². The van der Waals surface area contributed by atoms with E-state index in [1.165, 1.54) is 15.9 Å². The topological polar surface area (TPSA) is 76.9 Å². The van der Waals surface area contributed by atoms with Crippen molar-refractivity contribution in [1.82, 2.24) is 14.5 Å². The molecule has 1 aromatic carbocycles. The highest BCUT2D eigenvalue weighted by molar-refractivity contribution is 7.25. The number of pyridine rings is 1. The molecule has 0 aliphatic carbocycles. The van der Waals surface area contributed by atoms with Crippen LogP contribution >= 0.6 is 11.3 Å². The highest BCUT2D eigenvalue weighted by Crippen LogP contribution is 2.28. The standard InChI is InChI=1S/C21H20N4O2S/c1-11-8-12(2)17(13(3)9-11)24-16(26)10-25-14(4)23-18-15-6-5-7-22-20(15)28-19(18)21(25)27/h5-9H,10H2,1-4H3,(H,24,26). The zero-order chi connectivity index (χ0) is 20.0. The summed E-state index contributed by atoms with van der Waals surface area (Å²) in [6, 6.07) is 7.79. The Bertz CT molecular complexity index is 1280. The number of benzene rings is 1. The molecule has 4 aromatic rings. The van der Waals surface area contributed by atoms with E-state index in [0.717, 1.165) is 32.6 Å². The number of fused-ring (bicyclic) bond motifs is 3. The normalized spacial score (nSPS) is 11.3. The van der Waals surface area contributed by atoms with Gasteiger partial charge in [0.25, 0.3) is 5.56 Å². The fourth-order valence-corrected chi connectivity index (χ4v) is 4.58. The van der Waals surface area contributed by atoms with Crippen molar-refractivity contribution >= 4 is 43.4 Å². The summed E-state index contributed by atoms with van der Waals surface area (Å²) in [5.74, 6) is 0.259. The van der Waals surface area contributed by atoms with Gasteiger partial charge in [0.1, 0.15) is 21.9 Å². The lowest BCUT2D eigenvalue weighted by atomic mass is 10.1. The summed E-state index contributed by atoms with van der Waals surface area (Å²) >= 11 is 1.31. The molecule has 0 aliphatic heterocycles. The van der Waals surface area contributed by atoms with E-state index in [-0.39, 0.29) is 18.0 Å². The quantitative estimate of drug-likeness (QED) is 0.574. The summed E-state index contributed by atoms with van der Waals surface area (Å²) in [6.45, 7) is 7.61. The molecule has 1 amide bonds. The Hall–Kier alpha value is -3.06. The van der Waals surface area contributed by atoms with E-state index in [4.69, 9.17) is 0 Å². The molecular weight excluding hydrogens is 372 g/mol. The highest BCUT2D eigenvalue weighted by Gasteiger charge is 2.17. The van der Waals surface area contributed by atoms with Crippen LogP contribution in [0.5, 0.6) is 0 Å². The number of aryl methyl sites for hydroxylation is 4. The van der Waals surface area contributed by atoms with Crippen LogP contribution in [-0.2, 0) is 11.3 Å². The van der Waals surface area contributed by atoms with E-state index in [9.17, 15) is 9.59 Å². The first kappa shape index (κ1) is 18.3.